The lowest BCUT2D eigenvalue weighted by molar-refractivity contribution is -0.385. The van der Waals surface area contributed by atoms with Gasteiger partial charge in [-0.25, -0.2) is 0 Å². The summed E-state index contributed by atoms with van der Waals surface area (Å²) in [7, 11) is 0. The first-order valence-corrected chi connectivity index (χ1v) is 8.80. The Morgan fingerprint density at radius 1 is 0.833 bits per heavy atom. The Kier molecular flexibility index (Phi) is 4.19. The number of carbonyl (C=O) groups excluding carboxylic acids is 2. The summed E-state index contributed by atoms with van der Waals surface area (Å²) in [6.45, 7) is 3.68. The van der Waals surface area contributed by atoms with Gasteiger partial charge in [-0.2, -0.15) is 5.01 Å². The van der Waals surface area contributed by atoms with Crippen molar-refractivity contribution in [2.75, 3.05) is 5.43 Å². The maximum atomic E-state index is 13.1. The van der Waals surface area contributed by atoms with Crippen molar-refractivity contribution in [2.24, 2.45) is 0 Å². The van der Waals surface area contributed by atoms with E-state index < -0.39 is 33.0 Å². The molecule has 0 spiro atoms. The molecule has 4 rings (SSSR count). The molecule has 3 aromatic rings. The number of nitro groups is 2. The molecule has 0 bridgehead atoms. The van der Waals surface area contributed by atoms with Crippen LogP contribution >= 0.6 is 0 Å². The molecule has 150 valence electrons. The molecular weight excluding hydrogens is 392 g/mol. The summed E-state index contributed by atoms with van der Waals surface area (Å²) >= 11 is 0. The van der Waals surface area contributed by atoms with Crippen LogP contribution in [0.25, 0.3) is 10.8 Å². The molecule has 10 nitrogen and oxygen atoms in total. The normalized spacial score (nSPS) is 12.9. The minimum absolute atomic E-state index is 0.0799. The van der Waals surface area contributed by atoms with E-state index in [1.807, 2.05) is 13.0 Å². The van der Waals surface area contributed by atoms with E-state index >= 15 is 0 Å². The van der Waals surface area contributed by atoms with E-state index in [0.29, 0.717) is 5.69 Å². The number of nitrogens with zero attached hydrogens (tertiary/aromatic N) is 3. The van der Waals surface area contributed by atoms with Gasteiger partial charge >= 0.3 is 0 Å². The largest absolute Gasteiger partial charge is 0.288 e. The molecule has 10 heteroatoms. The molecule has 0 saturated heterocycles. The Hall–Kier alpha value is -4.34. The third-order valence-electron chi connectivity index (χ3n) is 4.92. The monoisotopic (exact) mass is 406 g/mol. The SMILES string of the molecule is Cc1ccc(NN2C(=O)c3cc([N+](=O)[O-])cc4cc([N+](=O)[O-])cc(c34)C2=O)c(C)c1. The fraction of sp³-hybridized carbons (Fsp3) is 0.100. The molecule has 0 aromatic heterocycles. The summed E-state index contributed by atoms with van der Waals surface area (Å²) in [6, 6.07) is 9.71. The van der Waals surface area contributed by atoms with E-state index in [0.717, 1.165) is 40.4 Å². The smallest absolute Gasteiger partial charge is 0.280 e. The zero-order chi connectivity index (χ0) is 21.7. The second kappa shape index (κ2) is 6.62. The van der Waals surface area contributed by atoms with Gasteiger partial charge in [-0.3, -0.25) is 35.2 Å². The van der Waals surface area contributed by atoms with Gasteiger partial charge < -0.3 is 0 Å². The van der Waals surface area contributed by atoms with Gasteiger partial charge in [-0.15, -0.1) is 0 Å². The van der Waals surface area contributed by atoms with E-state index in [1.54, 1.807) is 19.1 Å². The van der Waals surface area contributed by atoms with Crippen molar-refractivity contribution in [1.82, 2.24) is 5.01 Å². The fourth-order valence-electron chi connectivity index (χ4n) is 3.53. The number of hydrogen-bond acceptors (Lipinski definition) is 7. The molecular formula is C20H14N4O6. The first-order valence-electron chi connectivity index (χ1n) is 8.80. The fourth-order valence-corrected chi connectivity index (χ4v) is 3.53. The van der Waals surface area contributed by atoms with Crippen LogP contribution in [0.4, 0.5) is 17.1 Å². The summed E-state index contributed by atoms with van der Waals surface area (Å²) in [6.07, 6.45) is 0. The van der Waals surface area contributed by atoms with Gasteiger partial charge in [0.15, 0.2) is 0 Å². The molecule has 0 radical (unpaired) electrons. The summed E-state index contributed by atoms with van der Waals surface area (Å²) in [5, 5.41) is 23.6. The second-order valence-corrected chi connectivity index (χ2v) is 6.97. The van der Waals surface area contributed by atoms with Crippen LogP contribution in [0.15, 0.2) is 42.5 Å². The van der Waals surface area contributed by atoms with E-state index in [4.69, 9.17) is 0 Å². The Morgan fingerprint density at radius 3 is 1.83 bits per heavy atom. The first-order chi connectivity index (χ1) is 14.2. The number of nitro benzene ring substituents is 2. The van der Waals surface area contributed by atoms with Crippen molar-refractivity contribution in [2.45, 2.75) is 13.8 Å². The molecule has 0 fully saturated rings. The van der Waals surface area contributed by atoms with Gasteiger partial charge in [0.1, 0.15) is 0 Å². The number of imide groups is 1. The number of hydrazine groups is 1. The van der Waals surface area contributed by atoms with Crippen LogP contribution in [0.3, 0.4) is 0 Å². The van der Waals surface area contributed by atoms with Gasteiger partial charge in [-0.1, -0.05) is 17.7 Å². The molecule has 0 aliphatic carbocycles. The quantitative estimate of drug-likeness (QED) is 0.394. The number of aryl methyl sites for hydroxylation is 2. The highest BCUT2D eigenvalue weighted by atomic mass is 16.6. The standard InChI is InChI=1S/C20H14N4O6/c1-10-3-4-17(11(2)5-10)21-22-19(25)15-8-13(23(27)28)6-12-7-14(24(29)30)9-16(18(12)15)20(22)26/h3-9,21H,1-2H3. The molecule has 0 unspecified atom stereocenters. The third-order valence-corrected chi connectivity index (χ3v) is 4.92. The van der Waals surface area contributed by atoms with Crippen molar-refractivity contribution >= 4 is 39.6 Å². The number of non-ortho nitro benzene ring substituents is 2. The van der Waals surface area contributed by atoms with Gasteiger partial charge in [0, 0.05) is 29.7 Å². The average molecular weight is 406 g/mol. The maximum Gasteiger partial charge on any atom is 0.280 e. The predicted molar refractivity (Wildman–Crippen MR) is 107 cm³/mol. The van der Waals surface area contributed by atoms with Crippen molar-refractivity contribution in [1.29, 1.82) is 0 Å². The van der Waals surface area contributed by atoms with Crippen LogP contribution in [0.5, 0.6) is 0 Å². The van der Waals surface area contributed by atoms with Crippen molar-refractivity contribution in [3.8, 4) is 0 Å². The highest BCUT2D eigenvalue weighted by molar-refractivity contribution is 6.26. The van der Waals surface area contributed by atoms with Crippen LogP contribution in [0.1, 0.15) is 31.8 Å². The number of rotatable bonds is 4. The number of hydrogen-bond donors (Lipinski definition) is 1. The topological polar surface area (TPSA) is 136 Å². The second-order valence-electron chi connectivity index (χ2n) is 6.97. The lowest BCUT2D eigenvalue weighted by Crippen LogP contribution is -2.44. The summed E-state index contributed by atoms with van der Waals surface area (Å²) in [5.41, 5.74) is 4.01. The number of benzene rings is 3. The number of carbonyl (C=O) groups is 2. The van der Waals surface area contributed by atoms with E-state index in [1.165, 1.54) is 0 Å². The molecule has 0 saturated carbocycles. The van der Waals surface area contributed by atoms with Crippen LogP contribution in [0, 0.1) is 34.1 Å². The first kappa shape index (κ1) is 19.0. The summed E-state index contributed by atoms with van der Waals surface area (Å²) in [4.78, 5) is 47.4. The molecule has 2 amide bonds. The minimum Gasteiger partial charge on any atom is -0.288 e. The summed E-state index contributed by atoms with van der Waals surface area (Å²) in [5.74, 6) is -1.56. The Morgan fingerprint density at radius 2 is 1.37 bits per heavy atom. The van der Waals surface area contributed by atoms with E-state index in [2.05, 4.69) is 5.43 Å². The molecule has 1 heterocycles. The minimum atomic E-state index is -0.782. The van der Waals surface area contributed by atoms with Crippen LogP contribution in [0.2, 0.25) is 0 Å². The maximum absolute atomic E-state index is 13.1. The Balaban J connectivity index is 1.93. The molecule has 3 aromatic carbocycles. The Labute approximate surface area is 169 Å². The highest BCUT2D eigenvalue weighted by Gasteiger charge is 2.36. The molecule has 30 heavy (non-hydrogen) atoms. The van der Waals surface area contributed by atoms with Crippen LogP contribution < -0.4 is 5.43 Å². The van der Waals surface area contributed by atoms with Crippen LogP contribution in [-0.2, 0) is 0 Å². The van der Waals surface area contributed by atoms with Crippen molar-refractivity contribution in [3.05, 3.63) is 84.9 Å². The zero-order valence-electron chi connectivity index (χ0n) is 15.8. The third kappa shape index (κ3) is 2.91. The van der Waals surface area contributed by atoms with Gasteiger partial charge in [0.25, 0.3) is 23.2 Å². The zero-order valence-corrected chi connectivity index (χ0v) is 15.8. The number of nitrogens with one attached hydrogen (secondary N) is 1. The molecule has 1 N–H and O–H groups in total. The van der Waals surface area contributed by atoms with Gasteiger partial charge in [-0.05, 0) is 30.9 Å². The Bertz CT molecular complexity index is 1230. The number of amides is 2. The predicted octanol–water partition coefficient (Wildman–Crippen LogP) is 3.90. The summed E-state index contributed by atoms with van der Waals surface area (Å²) < 4.78 is 0. The lowest BCUT2D eigenvalue weighted by atomic mass is 9.93. The highest BCUT2D eigenvalue weighted by Crippen LogP contribution is 2.36. The molecule has 1 aliphatic rings. The van der Waals surface area contributed by atoms with Crippen molar-refractivity contribution in [3.63, 3.8) is 0 Å². The van der Waals surface area contributed by atoms with Gasteiger partial charge in [0.2, 0.25) is 0 Å². The van der Waals surface area contributed by atoms with Gasteiger partial charge in [0.05, 0.1) is 26.7 Å². The van der Waals surface area contributed by atoms with E-state index in [-0.39, 0.29) is 21.9 Å². The number of anilines is 1. The molecule has 0 atom stereocenters. The average Bonchev–Trinajstić information content (AvgIpc) is 2.69. The van der Waals surface area contributed by atoms with Crippen molar-refractivity contribution < 1.29 is 19.4 Å². The lowest BCUT2D eigenvalue weighted by Gasteiger charge is -2.28. The van der Waals surface area contributed by atoms with Crippen LogP contribution in [-0.4, -0.2) is 26.7 Å². The molecule has 1 aliphatic heterocycles. The van der Waals surface area contributed by atoms with E-state index in [9.17, 15) is 29.8 Å².